The number of pyridine rings is 3. The number of nitrogen functional groups attached to an aromatic ring is 2. The van der Waals surface area contributed by atoms with Crippen molar-refractivity contribution in [2.45, 2.75) is 120 Å². The standard InChI is InChI=1S/C117H106N8O10/c1-75-21-19-23-81(47-75)69-130-109-31-13-7-25-87(109)63-123(96-39-44-105-95(57-96)58-104(119)117(129)122-105)64-88-26-11-17-35-113(88)134-73-85-49-77(3)51-93(55-85)99-42-37-83(53-79(99)5)71-132-111-33-15-9-27-89(111)65-124(97-40-45-106-101(59-97)103(118)61-115(127)120-106)66-92-30-12-18-36-114(92)135-74-86-50-78(4)52-94(56-86)100-43-38-84(54-80(100)6)72-133-112-34-16-10-29-91(112)68-125(98-41-46-107-102(60-98)108(126)62-116(128)121-107)67-90-28-8-14-32-110(90)131-70-82-24-20-22-76(2)48-82/h7-62H,63-74,119H2,1-6H3,(H,122,129)(H3,118,120,127)(H2,121,126,128). The van der Waals surface area contributed by atoms with Gasteiger partial charge in [0.05, 0.1) is 16.7 Å². The van der Waals surface area contributed by atoms with Gasteiger partial charge in [-0.15, -0.1) is 0 Å². The highest BCUT2D eigenvalue weighted by Crippen LogP contribution is 2.39. The zero-order valence-corrected chi connectivity index (χ0v) is 76.4. The van der Waals surface area contributed by atoms with Crippen molar-refractivity contribution in [3.63, 3.8) is 0 Å². The number of ether oxygens (including phenoxy) is 6. The molecule has 0 atom stereocenters. The van der Waals surface area contributed by atoms with Gasteiger partial charge in [-0.05, 0) is 217 Å². The highest BCUT2D eigenvalue weighted by molar-refractivity contribution is 5.93. The van der Waals surface area contributed by atoms with Gasteiger partial charge in [0, 0.05) is 129 Å². The minimum atomic E-state index is -0.376. The molecule has 18 nitrogen and oxygen atoms in total. The van der Waals surface area contributed by atoms with Crippen molar-refractivity contribution in [3.8, 4) is 62.5 Å². The largest absolute Gasteiger partial charge is 0.507 e. The van der Waals surface area contributed by atoms with Gasteiger partial charge in [-0.3, -0.25) is 14.4 Å². The van der Waals surface area contributed by atoms with E-state index >= 15 is 0 Å². The van der Waals surface area contributed by atoms with Gasteiger partial charge in [-0.1, -0.05) is 241 Å². The number of aryl methyl sites for hydroxylation is 6. The molecule has 135 heavy (non-hydrogen) atoms. The molecule has 0 radical (unpaired) electrons. The van der Waals surface area contributed by atoms with E-state index in [0.717, 1.165) is 174 Å². The summed E-state index contributed by atoms with van der Waals surface area (Å²) >= 11 is 0. The second-order valence-corrected chi connectivity index (χ2v) is 35.0. The molecule has 18 heteroatoms. The Morgan fingerprint density at radius 3 is 0.993 bits per heavy atom. The predicted molar refractivity (Wildman–Crippen MR) is 544 cm³/mol. The summed E-state index contributed by atoms with van der Waals surface area (Å²) in [4.78, 5) is 53.4. The first-order valence-corrected chi connectivity index (χ1v) is 45.4. The Kier molecular flexibility index (Phi) is 26.7. The number of hydrogen-bond donors (Lipinski definition) is 6. The fraction of sp³-hybridized carbons (Fsp3) is 0.154. The van der Waals surface area contributed by atoms with Crippen LogP contribution in [0.25, 0.3) is 55.0 Å². The molecule has 0 saturated carbocycles. The van der Waals surface area contributed by atoms with Crippen LogP contribution in [-0.4, -0.2) is 20.1 Å². The molecule has 0 bridgehead atoms. The second-order valence-electron chi connectivity index (χ2n) is 35.0. The molecule has 18 aromatic rings. The van der Waals surface area contributed by atoms with Crippen LogP contribution < -0.4 is 71.3 Å². The van der Waals surface area contributed by atoms with E-state index in [9.17, 15) is 19.5 Å². The molecule has 0 spiro atoms. The zero-order valence-electron chi connectivity index (χ0n) is 76.4. The number of aromatic amines is 3. The van der Waals surface area contributed by atoms with Crippen LogP contribution in [0.4, 0.5) is 28.4 Å². The number of aromatic hydroxyl groups is 1. The second kappa shape index (κ2) is 40.5. The van der Waals surface area contributed by atoms with E-state index in [1.807, 2.05) is 164 Å². The topological polar surface area (TPSA) is 236 Å². The van der Waals surface area contributed by atoms with Gasteiger partial charge in [0.15, 0.2) is 0 Å². The van der Waals surface area contributed by atoms with Crippen LogP contribution in [-0.2, 0) is 78.9 Å². The average Bonchev–Trinajstić information content (AvgIpc) is 0.792. The molecular weight excluding hydrogens is 1680 g/mol. The van der Waals surface area contributed by atoms with Crippen molar-refractivity contribution in [2.24, 2.45) is 0 Å². The maximum absolute atomic E-state index is 12.7. The molecule has 8 N–H and O–H groups in total. The summed E-state index contributed by atoms with van der Waals surface area (Å²) < 4.78 is 40.5. The zero-order chi connectivity index (χ0) is 93.0. The van der Waals surface area contributed by atoms with Crippen LogP contribution in [0.15, 0.2) is 354 Å². The third-order valence-electron chi connectivity index (χ3n) is 24.6. The van der Waals surface area contributed by atoms with Crippen LogP contribution in [0, 0.1) is 41.5 Å². The summed E-state index contributed by atoms with van der Waals surface area (Å²) in [5.74, 6) is 4.45. The number of nitrogens with two attached hydrogens (primary N) is 2. The number of benzene rings is 15. The van der Waals surface area contributed by atoms with E-state index in [2.05, 4.69) is 229 Å². The number of hydrogen-bond acceptors (Lipinski definition) is 15. The average molecular weight is 1780 g/mol. The Morgan fingerprint density at radius 1 is 0.274 bits per heavy atom. The highest BCUT2D eigenvalue weighted by Gasteiger charge is 2.23. The van der Waals surface area contributed by atoms with Crippen LogP contribution >= 0.6 is 0 Å². The molecule has 674 valence electrons. The van der Waals surface area contributed by atoms with Gasteiger partial charge in [0.1, 0.15) is 79.9 Å². The van der Waals surface area contributed by atoms with Gasteiger partial charge in [-0.25, -0.2) is 0 Å². The lowest BCUT2D eigenvalue weighted by Gasteiger charge is -2.27. The number of fused-ring (bicyclic) bond motifs is 3. The maximum atomic E-state index is 12.7. The molecule has 3 aromatic heterocycles. The van der Waals surface area contributed by atoms with Crippen molar-refractivity contribution in [1.29, 1.82) is 0 Å². The fourth-order valence-corrected chi connectivity index (χ4v) is 17.9. The van der Waals surface area contributed by atoms with Gasteiger partial charge in [-0.2, -0.15) is 0 Å². The quantitative estimate of drug-likeness (QED) is 0.0217. The molecular formula is C117H106N8O10. The summed E-state index contributed by atoms with van der Waals surface area (Å²) in [6.07, 6.45) is 0. The summed E-state index contributed by atoms with van der Waals surface area (Å²) in [6.45, 7) is 17.6. The minimum absolute atomic E-state index is 0.0937. The van der Waals surface area contributed by atoms with Crippen LogP contribution in [0.1, 0.15) is 100 Å². The Labute approximate surface area is 784 Å². The van der Waals surface area contributed by atoms with Crippen LogP contribution in [0.5, 0.6) is 40.2 Å². The SMILES string of the molecule is Cc1cccc(COc2ccccc2CN(Cc2ccccc2OCc2cc(C)cc(-c3ccc(COc4ccccc4CN(Cc4ccccc4OCc4cc(C)cc(-c5ccc(COc6ccccc6CN(Cc6ccccc6OCc6cccc(C)c6)c6ccc7[nH]c(=O)cc(O)c7c6)cc5C)c4)c4ccc5[nH]c(=O)cc(N)c5c4)cc3C)c2)c2ccc3[nH]c(=O)c(N)cc3c2)c1. The van der Waals surface area contributed by atoms with E-state index in [1.165, 1.54) is 23.3 Å². The summed E-state index contributed by atoms with van der Waals surface area (Å²) in [6, 6.07) is 114. The molecule has 0 amide bonds. The molecule has 0 aliphatic heterocycles. The third-order valence-corrected chi connectivity index (χ3v) is 24.6. The van der Waals surface area contributed by atoms with E-state index in [-0.39, 0.29) is 28.1 Å². The van der Waals surface area contributed by atoms with Gasteiger partial charge >= 0.3 is 0 Å². The molecule has 0 saturated heterocycles. The van der Waals surface area contributed by atoms with Crippen molar-refractivity contribution in [3.05, 3.63) is 471 Å². The number of nitrogens with zero attached hydrogens (tertiary/aromatic N) is 3. The Balaban J connectivity index is 0.539. The minimum Gasteiger partial charge on any atom is -0.507 e. The van der Waals surface area contributed by atoms with Crippen molar-refractivity contribution in [1.82, 2.24) is 15.0 Å². The molecule has 0 aliphatic rings. The van der Waals surface area contributed by atoms with Crippen molar-refractivity contribution >= 4 is 61.1 Å². The molecule has 0 aliphatic carbocycles. The highest BCUT2D eigenvalue weighted by atomic mass is 16.5. The smallest absolute Gasteiger partial charge is 0.271 e. The van der Waals surface area contributed by atoms with Crippen LogP contribution in [0.3, 0.4) is 0 Å². The van der Waals surface area contributed by atoms with E-state index in [0.29, 0.717) is 107 Å². The molecule has 3 heterocycles. The number of anilines is 5. The van der Waals surface area contributed by atoms with Crippen LogP contribution in [0.2, 0.25) is 0 Å². The molecule has 15 aromatic carbocycles. The number of rotatable bonds is 35. The first-order chi connectivity index (χ1) is 65.7. The Morgan fingerprint density at radius 2 is 0.607 bits per heavy atom. The summed E-state index contributed by atoms with van der Waals surface area (Å²) in [5.41, 5.74) is 40.2. The molecule has 0 fully saturated rings. The lowest BCUT2D eigenvalue weighted by Crippen LogP contribution is -2.23. The number of aromatic nitrogens is 3. The lowest BCUT2D eigenvalue weighted by atomic mass is 9.95. The van der Waals surface area contributed by atoms with Gasteiger partial charge < -0.3 is 74.6 Å². The number of H-pyrrole nitrogens is 3. The third kappa shape index (κ3) is 21.8. The number of para-hydroxylation sites is 6. The van der Waals surface area contributed by atoms with E-state index in [4.69, 9.17) is 39.9 Å². The number of nitrogens with one attached hydrogen (secondary N) is 3. The Hall–Kier alpha value is -16.5. The van der Waals surface area contributed by atoms with Crippen molar-refractivity contribution in [2.75, 3.05) is 26.2 Å². The first kappa shape index (κ1) is 89.1. The predicted octanol–water partition coefficient (Wildman–Crippen LogP) is 24.4. The van der Waals surface area contributed by atoms with Crippen molar-refractivity contribution < 1.29 is 33.5 Å². The fourth-order valence-electron chi connectivity index (χ4n) is 17.9. The monoisotopic (exact) mass is 1780 g/mol. The molecule has 18 rings (SSSR count). The normalized spacial score (nSPS) is 11.3. The molecule has 0 unspecified atom stereocenters. The van der Waals surface area contributed by atoms with Gasteiger partial charge in [0.2, 0.25) is 5.56 Å². The summed E-state index contributed by atoms with van der Waals surface area (Å²) in [5, 5.41) is 13.1. The van der Waals surface area contributed by atoms with E-state index < -0.39 is 0 Å². The summed E-state index contributed by atoms with van der Waals surface area (Å²) in [7, 11) is 0. The first-order valence-electron chi connectivity index (χ1n) is 45.4. The Bertz CT molecular complexity index is 7610. The van der Waals surface area contributed by atoms with Gasteiger partial charge in [0.25, 0.3) is 11.1 Å². The lowest BCUT2D eigenvalue weighted by molar-refractivity contribution is 0.301. The van der Waals surface area contributed by atoms with E-state index in [1.54, 1.807) is 6.07 Å². The maximum Gasteiger partial charge on any atom is 0.271 e.